The van der Waals surface area contributed by atoms with Gasteiger partial charge in [0.15, 0.2) is 0 Å². The van der Waals surface area contributed by atoms with Crippen LogP contribution in [0, 0.1) is 0 Å². The van der Waals surface area contributed by atoms with Crippen LogP contribution in [0.25, 0.3) is 0 Å². The molecule has 0 aliphatic rings. The van der Waals surface area contributed by atoms with E-state index in [2.05, 4.69) is 103 Å². The maximum atomic E-state index is 4.21. The topological polar surface area (TPSA) is 0 Å². The number of alkyl halides is 1. The average Bonchev–Trinajstić information content (AvgIpc) is 2.50. The van der Waals surface area contributed by atoms with Gasteiger partial charge >= 0.3 is 131 Å². The van der Waals surface area contributed by atoms with Gasteiger partial charge < -0.3 is 0 Å². The molecule has 100 valence electrons. The average molecular weight is 382 g/mol. The Morgan fingerprint density at radius 1 is 1.00 bits per heavy atom. The number of hydrogen-bond donors (Lipinski definition) is 0. The van der Waals surface area contributed by atoms with E-state index in [0.717, 1.165) is 0 Å². The van der Waals surface area contributed by atoms with Crippen molar-refractivity contribution in [3.05, 3.63) is 73.1 Å². The molecule has 0 bridgehead atoms. The zero-order valence-corrected chi connectivity index (χ0v) is 14.4. The first kappa shape index (κ1) is 14.7. The van der Waals surface area contributed by atoms with Crippen molar-refractivity contribution in [1.29, 1.82) is 0 Å². The van der Waals surface area contributed by atoms with E-state index in [9.17, 15) is 0 Å². The van der Waals surface area contributed by atoms with Crippen LogP contribution in [0.15, 0.2) is 73.1 Å². The van der Waals surface area contributed by atoms with Crippen LogP contribution >= 0.6 is 29.9 Å². The third kappa shape index (κ3) is 2.78. The van der Waals surface area contributed by atoms with Gasteiger partial charge in [0.1, 0.15) is 0 Å². The van der Waals surface area contributed by atoms with Crippen molar-refractivity contribution in [2.75, 3.05) is 0 Å². The van der Waals surface area contributed by atoms with Gasteiger partial charge in [-0.25, -0.2) is 0 Å². The van der Waals surface area contributed by atoms with Crippen LogP contribution in [0.5, 0.6) is 0 Å². The molecule has 0 aliphatic carbocycles. The summed E-state index contributed by atoms with van der Waals surface area (Å²) in [6, 6.07) is 21.8. The standard InChI is InChI=1S/C17H20IP/c1-3-17(18)19(4-2,15-11-7-5-8-12-15)16-13-9-6-10-14-16/h4-14,17,19H,2-3H2,1H3. The van der Waals surface area contributed by atoms with E-state index >= 15 is 0 Å². The molecule has 0 radical (unpaired) electrons. The second-order valence-corrected chi connectivity index (χ2v) is 11.4. The molecule has 0 saturated carbocycles. The van der Waals surface area contributed by atoms with Crippen molar-refractivity contribution >= 4 is 40.5 Å². The van der Waals surface area contributed by atoms with Crippen molar-refractivity contribution < 1.29 is 0 Å². The van der Waals surface area contributed by atoms with Crippen LogP contribution in [0.4, 0.5) is 0 Å². The molecule has 0 amide bonds. The molecule has 0 nitrogen and oxygen atoms in total. The molecule has 2 aromatic rings. The van der Waals surface area contributed by atoms with Gasteiger partial charge in [0.25, 0.3) is 0 Å². The van der Waals surface area contributed by atoms with E-state index in [1.807, 2.05) is 0 Å². The molecule has 2 heteroatoms. The third-order valence-electron chi connectivity index (χ3n) is 3.68. The fraction of sp³-hybridized carbons (Fsp3) is 0.176. The van der Waals surface area contributed by atoms with E-state index in [0.29, 0.717) is 3.67 Å². The summed E-state index contributed by atoms with van der Waals surface area (Å²) >= 11 is 2.62. The molecule has 0 heterocycles. The molecule has 2 rings (SSSR count). The molecule has 1 unspecified atom stereocenters. The molecular formula is C17H20IP. The minimum atomic E-state index is -1.87. The number of rotatable bonds is 5. The van der Waals surface area contributed by atoms with E-state index in [4.69, 9.17) is 0 Å². The Morgan fingerprint density at radius 3 is 1.74 bits per heavy atom. The summed E-state index contributed by atoms with van der Waals surface area (Å²) in [4.78, 5) is 0. The fourth-order valence-electron chi connectivity index (χ4n) is 2.64. The summed E-state index contributed by atoms with van der Waals surface area (Å²) in [7, 11) is -1.87. The van der Waals surface area contributed by atoms with Crippen molar-refractivity contribution in [1.82, 2.24) is 0 Å². The quantitative estimate of drug-likeness (QED) is 0.400. The molecule has 0 N–H and O–H groups in total. The van der Waals surface area contributed by atoms with E-state index < -0.39 is 7.26 Å². The van der Waals surface area contributed by atoms with Gasteiger partial charge in [0.05, 0.1) is 0 Å². The molecule has 0 aromatic heterocycles. The predicted molar refractivity (Wildman–Crippen MR) is 98.8 cm³/mol. The Kier molecular flexibility index (Phi) is 5.18. The van der Waals surface area contributed by atoms with Gasteiger partial charge in [-0.2, -0.15) is 0 Å². The summed E-state index contributed by atoms with van der Waals surface area (Å²) in [6.07, 6.45) is 1.17. The van der Waals surface area contributed by atoms with E-state index in [-0.39, 0.29) is 0 Å². The van der Waals surface area contributed by atoms with Gasteiger partial charge in [0.2, 0.25) is 0 Å². The summed E-state index contributed by atoms with van der Waals surface area (Å²) in [6.45, 7) is 6.48. The molecule has 2 aromatic carbocycles. The monoisotopic (exact) mass is 382 g/mol. The Bertz CT molecular complexity index is 482. The normalized spacial score (nSPS) is 13.8. The molecule has 0 spiro atoms. The van der Waals surface area contributed by atoms with Crippen molar-refractivity contribution in [2.45, 2.75) is 17.0 Å². The Hall–Kier alpha value is -0.660. The van der Waals surface area contributed by atoms with Crippen LogP contribution in [-0.2, 0) is 0 Å². The fourth-order valence-corrected chi connectivity index (χ4v) is 9.48. The third-order valence-corrected chi connectivity index (χ3v) is 12.1. The Balaban J connectivity index is 2.65. The van der Waals surface area contributed by atoms with Gasteiger partial charge in [-0.1, -0.05) is 0 Å². The predicted octanol–water partition coefficient (Wildman–Crippen LogP) is 4.70. The van der Waals surface area contributed by atoms with E-state index in [1.54, 1.807) is 0 Å². The second-order valence-electron chi connectivity index (χ2n) is 4.68. The summed E-state index contributed by atoms with van der Waals surface area (Å²) in [5.41, 5.74) is 0. The van der Waals surface area contributed by atoms with Crippen molar-refractivity contribution in [3.63, 3.8) is 0 Å². The first-order valence-electron chi connectivity index (χ1n) is 6.64. The zero-order chi connectivity index (χ0) is 13.7. The van der Waals surface area contributed by atoms with Crippen LogP contribution < -0.4 is 10.6 Å². The summed E-state index contributed by atoms with van der Waals surface area (Å²) < 4.78 is 0.618. The van der Waals surface area contributed by atoms with Crippen molar-refractivity contribution in [3.8, 4) is 0 Å². The minimum absolute atomic E-state index is 0.618. The van der Waals surface area contributed by atoms with Gasteiger partial charge in [-0.3, -0.25) is 0 Å². The van der Waals surface area contributed by atoms with Gasteiger partial charge in [-0.05, 0) is 0 Å². The molecule has 0 aliphatic heterocycles. The first-order valence-corrected chi connectivity index (χ1v) is 10.0. The van der Waals surface area contributed by atoms with Gasteiger partial charge in [0, 0.05) is 0 Å². The molecule has 0 fully saturated rings. The summed E-state index contributed by atoms with van der Waals surface area (Å²) in [5, 5.41) is 2.91. The van der Waals surface area contributed by atoms with Crippen LogP contribution in [0.2, 0.25) is 0 Å². The number of hydrogen-bond acceptors (Lipinski definition) is 0. The Morgan fingerprint density at radius 2 is 1.42 bits per heavy atom. The molecular weight excluding hydrogens is 362 g/mol. The van der Waals surface area contributed by atoms with Crippen LogP contribution in [-0.4, -0.2) is 3.67 Å². The van der Waals surface area contributed by atoms with Crippen molar-refractivity contribution in [2.24, 2.45) is 0 Å². The SMILES string of the molecule is C=C[PH](c1ccccc1)(c1ccccc1)C(I)CC. The maximum absolute atomic E-state index is 4.21. The molecule has 1 atom stereocenters. The number of halogens is 1. The Labute approximate surface area is 130 Å². The van der Waals surface area contributed by atoms with Crippen LogP contribution in [0.1, 0.15) is 13.3 Å². The van der Waals surface area contributed by atoms with Gasteiger partial charge in [-0.15, -0.1) is 0 Å². The molecule has 19 heavy (non-hydrogen) atoms. The van der Waals surface area contributed by atoms with E-state index in [1.165, 1.54) is 17.0 Å². The second kappa shape index (κ2) is 6.67. The van der Waals surface area contributed by atoms with Crippen LogP contribution in [0.3, 0.4) is 0 Å². The number of benzene rings is 2. The summed E-state index contributed by atoms with van der Waals surface area (Å²) in [5.74, 6) is 2.25. The zero-order valence-electron chi connectivity index (χ0n) is 11.2. The first-order chi connectivity index (χ1) is 9.25. The molecule has 0 saturated heterocycles.